The van der Waals surface area contributed by atoms with Crippen molar-refractivity contribution in [3.63, 3.8) is 0 Å². The molecule has 1 atom stereocenters. The summed E-state index contributed by atoms with van der Waals surface area (Å²) in [5.41, 5.74) is 2.40. The second-order valence-corrected chi connectivity index (χ2v) is 4.44. The van der Waals surface area contributed by atoms with Crippen LogP contribution in [-0.4, -0.2) is 19.7 Å². The van der Waals surface area contributed by atoms with Crippen molar-refractivity contribution in [3.05, 3.63) is 6.08 Å². The van der Waals surface area contributed by atoms with E-state index in [4.69, 9.17) is 9.15 Å². The summed E-state index contributed by atoms with van der Waals surface area (Å²) in [5.74, 6) is -0.0257. The van der Waals surface area contributed by atoms with Gasteiger partial charge in [0.05, 0.1) is 0 Å². The quantitative estimate of drug-likeness (QED) is 0.520. The second kappa shape index (κ2) is 2.25. The molecule has 0 saturated carbocycles. The third-order valence-corrected chi connectivity index (χ3v) is 3.11. The number of rotatable bonds is 0. The van der Waals surface area contributed by atoms with Gasteiger partial charge < -0.3 is 4.52 Å². The van der Waals surface area contributed by atoms with Gasteiger partial charge in [0, 0.05) is 0 Å². The van der Waals surface area contributed by atoms with Gasteiger partial charge in [-0.25, -0.2) is 10.0 Å². The topological polar surface area (TPSA) is 100 Å². The Labute approximate surface area is 85.7 Å². The zero-order valence-electron chi connectivity index (χ0n) is 7.25. The molecule has 2 aliphatic rings. The molecule has 0 spiro atoms. The van der Waals surface area contributed by atoms with Crippen LogP contribution in [0.4, 0.5) is 10.2 Å². The Hall–Kier alpha value is -1.93. The molecule has 4 rings (SSSR count). The van der Waals surface area contributed by atoms with Crippen molar-refractivity contribution in [1.82, 2.24) is 19.7 Å². The zero-order valence-corrected chi connectivity index (χ0v) is 8.14. The maximum Gasteiger partial charge on any atom is 0.632 e. The van der Waals surface area contributed by atoms with Crippen LogP contribution in [0.2, 0.25) is 0 Å². The average Bonchev–Trinajstić information content (AvgIpc) is 2.62. The van der Waals surface area contributed by atoms with E-state index >= 15 is 0 Å². The Kier molecular flexibility index (Phi) is 1.16. The summed E-state index contributed by atoms with van der Waals surface area (Å²) in [6.07, 6.45) is -0.992. The van der Waals surface area contributed by atoms with Gasteiger partial charge in [0.1, 0.15) is 0 Å². The van der Waals surface area contributed by atoms with E-state index in [1.54, 1.807) is 0 Å². The minimum atomic E-state index is -3.78. The number of nitrogens with one attached hydrogen (secondary N) is 1. The van der Waals surface area contributed by atoms with Crippen molar-refractivity contribution in [2.24, 2.45) is 0 Å². The number of phosphoric acid groups is 1. The van der Waals surface area contributed by atoms with Crippen LogP contribution in [0.3, 0.4) is 0 Å². The number of nitrogens with zero attached hydrogens (tertiary/aromatic N) is 4. The fraction of sp³-hybridized carbons (Fsp3) is 0. The number of anilines is 1. The number of hydrogen-bond acceptors (Lipinski definition) is 8. The van der Waals surface area contributed by atoms with Gasteiger partial charge in [0.2, 0.25) is 0 Å². The van der Waals surface area contributed by atoms with Crippen molar-refractivity contribution in [3.8, 4) is 6.01 Å². The molecule has 82 valence electrons. The zero-order chi connectivity index (χ0) is 10.9. The molecule has 0 fully saturated rings. The van der Waals surface area contributed by atoms with E-state index in [9.17, 15) is 8.96 Å². The molecule has 11 heteroatoms. The monoisotopic (exact) mass is 245 g/mol. The minimum absolute atomic E-state index is 0.0155. The van der Waals surface area contributed by atoms with Crippen LogP contribution in [0.25, 0.3) is 11.2 Å². The fourth-order valence-corrected chi connectivity index (χ4v) is 2.44. The first kappa shape index (κ1) is 8.25. The van der Waals surface area contributed by atoms with Gasteiger partial charge in [-0.05, 0) is 0 Å². The van der Waals surface area contributed by atoms with Gasteiger partial charge in [0.25, 0.3) is 0 Å². The lowest BCUT2D eigenvalue weighted by Gasteiger charge is -2.05. The lowest BCUT2D eigenvalue weighted by molar-refractivity contribution is 0.226. The first-order valence-electron chi connectivity index (χ1n) is 4.05. The summed E-state index contributed by atoms with van der Waals surface area (Å²) in [6.45, 7) is 0. The van der Waals surface area contributed by atoms with Crippen molar-refractivity contribution < 1.29 is 22.7 Å². The molecule has 2 aromatic heterocycles. The van der Waals surface area contributed by atoms with E-state index in [1.807, 2.05) is 0 Å². The molecule has 2 aliphatic heterocycles. The van der Waals surface area contributed by atoms with E-state index < -0.39 is 13.9 Å². The molecule has 2 bridgehead atoms. The average molecular weight is 245 g/mol. The van der Waals surface area contributed by atoms with Crippen molar-refractivity contribution in [2.75, 3.05) is 5.48 Å². The maximum absolute atomic E-state index is 13.0. The van der Waals surface area contributed by atoms with E-state index in [1.165, 1.54) is 0 Å². The van der Waals surface area contributed by atoms with Crippen LogP contribution in [0.15, 0.2) is 0 Å². The van der Waals surface area contributed by atoms with Crippen LogP contribution < -0.4 is 14.6 Å². The van der Waals surface area contributed by atoms with Crippen molar-refractivity contribution >= 4 is 24.8 Å². The van der Waals surface area contributed by atoms with Crippen LogP contribution in [-0.2, 0) is 9.19 Å². The molecule has 0 aromatic carbocycles. The predicted molar refractivity (Wildman–Crippen MR) is 44.8 cm³/mol. The smallest absolute Gasteiger partial charge is 0.355 e. The third kappa shape index (κ3) is 0.836. The highest BCUT2D eigenvalue weighted by molar-refractivity contribution is 7.49. The van der Waals surface area contributed by atoms with Crippen LogP contribution >= 0.6 is 7.82 Å². The highest BCUT2D eigenvalue weighted by Gasteiger charge is 2.46. The van der Waals surface area contributed by atoms with Crippen molar-refractivity contribution in [2.45, 2.75) is 0 Å². The molecule has 0 radical (unpaired) electrons. The highest BCUT2D eigenvalue weighted by atomic mass is 31.2. The molecular formula is C5HFN5O4P. The SMILES string of the molecule is O=P12ONc3nc(F)nc4nc(n(c34)O1)O2. The molecule has 9 nitrogen and oxygen atoms in total. The standard InChI is InChI=1S/C5HFN5O4P/c6-4-7-2-1-3(8-4)10-14-16(12)13-5(9-2)11(1)15-16/h(H,7,8,10). The van der Waals surface area contributed by atoms with Crippen molar-refractivity contribution in [1.29, 1.82) is 0 Å². The lowest BCUT2D eigenvalue weighted by Crippen LogP contribution is -2.04. The summed E-state index contributed by atoms with van der Waals surface area (Å²) in [7, 11) is -3.78. The van der Waals surface area contributed by atoms with E-state index in [2.05, 4.69) is 25.1 Å². The summed E-state index contributed by atoms with van der Waals surface area (Å²) >= 11 is 0. The summed E-state index contributed by atoms with van der Waals surface area (Å²) in [4.78, 5) is 10.6. The van der Waals surface area contributed by atoms with Gasteiger partial charge >= 0.3 is 19.9 Å². The summed E-state index contributed by atoms with van der Waals surface area (Å²) in [5, 5.41) is 0. The normalized spacial score (nSPS) is 25.1. The Bertz CT molecular complexity index is 685. The first-order chi connectivity index (χ1) is 7.65. The van der Waals surface area contributed by atoms with Crippen LogP contribution in [0.1, 0.15) is 0 Å². The minimum Gasteiger partial charge on any atom is -0.355 e. The van der Waals surface area contributed by atoms with Gasteiger partial charge in [-0.1, -0.05) is 0 Å². The van der Waals surface area contributed by atoms with Gasteiger partial charge in [0.15, 0.2) is 17.0 Å². The number of hydrogen-bond donors (Lipinski definition) is 1. The second-order valence-electron chi connectivity index (χ2n) is 3.02. The maximum atomic E-state index is 13.0. The third-order valence-electron chi connectivity index (χ3n) is 2.05. The highest BCUT2D eigenvalue weighted by Crippen LogP contribution is 2.54. The number of halogens is 1. The Morgan fingerprint density at radius 1 is 1.38 bits per heavy atom. The molecule has 0 aliphatic carbocycles. The molecule has 1 N–H and O–H groups in total. The van der Waals surface area contributed by atoms with Crippen LogP contribution in [0.5, 0.6) is 6.01 Å². The largest absolute Gasteiger partial charge is 0.632 e. The molecular weight excluding hydrogens is 244 g/mol. The number of imidazole rings is 1. The number of aromatic nitrogens is 4. The fourth-order valence-electron chi connectivity index (χ4n) is 1.47. The Balaban J connectivity index is 2.19. The molecule has 0 amide bonds. The van der Waals surface area contributed by atoms with E-state index in [0.29, 0.717) is 0 Å². The molecule has 2 aromatic rings. The molecule has 4 heterocycles. The van der Waals surface area contributed by atoms with Gasteiger partial charge in [-0.3, -0.25) is 4.62 Å². The number of fused-ring (bicyclic) bond motifs is 1. The predicted octanol–water partition coefficient (Wildman–Crippen LogP) is 0.252. The molecule has 1 unspecified atom stereocenters. The lowest BCUT2D eigenvalue weighted by atomic mass is 10.5. The van der Waals surface area contributed by atoms with Gasteiger partial charge in [-0.2, -0.15) is 19.3 Å². The molecule has 0 saturated heterocycles. The van der Waals surface area contributed by atoms with E-state index in [0.717, 1.165) is 4.73 Å². The summed E-state index contributed by atoms with van der Waals surface area (Å²) < 4.78 is 40.0. The van der Waals surface area contributed by atoms with Gasteiger partial charge in [-0.15, -0.1) is 9.35 Å². The molecule has 16 heavy (non-hydrogen) atoms. The Morgan fingerprint density at radius 2 is 2.25 bits per heavy atom. The van der Waals surface area contributed by atoms with Crippen LogP contribution in [0, 0.1) is 6.08 Å². The Morgan fingerprint density at radius 3 is 3.12 bits per heavy atom. The first-order valence-corrected chi connectivity index (χ1v) is 5.51. The summed E-state index contributed by atoms with van der Waals surface area (Å²) in [6, 6.07) is -0.110. The van der Waals surface area contributed by atoms with E-state index in [-0.39, 0.29) is 23.0 Å².